The number of amides is 2. The summed E-state index contributed by atoms with van der Waals surface area (Å²) < 4.78 is 0. The first-order valence-corrected chi connectivity index (χ1v) is 13.0. The number of carbonyl (C=O) groups is 2. The molecule has 1 fully saturated rings. The molecule has 196 valence electrons. The second kappa shape index (κ2) is 11.4. The molecule has 0 saturated carbocycles. The Morgan fingerprint density at radius 2 is 1.82 bits per heavy atom. The van der Waals surface area contributed by atoms with Crippen LogP contribution in [0.15, 0.2) is 67.3 Å². The van der Waals surface area contributed by atoms with Crippen LogP contribution in [0.1, 0.15) is 30.6 Å². The first kappa shape index (κ1) is 25.4. The number of anilines is 2. The summed E-state index contributed by atoms with van der Waals surface area (Å²) in [4.78, 5) is 42.0. The lowest BCUT2D eigenvalue weighted by Gasteiger charge is -2.37. The van der Waals surface area contributed by atoms with Gasteiger partial charge in [0.25, 0.3) is 5.91 Å². The van der Waals surface area contributed by atoms with Crippen LogP contribution in [-0.2, 0) is 4.79 Å². The molecule has 5 rings (SSSR count). The number of H-pyrrole nitrogens is 1. The number of hydrogen-bond acceptors (Lipinski definition) is 6. The van der Waals surface area contributed by atoms with Gasteiger partial charge in [-0.3, -0.25) is 14.6 Å². The number of piperazine rings is 1. The van der Waals surface area contributed by atoms with Gasteiger partial charge in [-0.25, -0.2) is 4.98 Å². The van der Waals surface area contributed by atoms with Gasteiger partial charge < -0.3 is 25.4 Å². The van der Waals surface area contributed by atoms with Gasteiger partial charge in [-0.2, -0.15) is 0 Å². The molecule has 0 bridgehead atoms. The molecular formula is C29H33N7O2. The molecule has 1 aliphatic rings. The molecule has 38 heavy (non-hydrogen) atoms. The standard InChI is InChI=1S/C29H33N7O2/c1-20(2)31-12-10-25(37)35-13-15-36(16-14-35)27-23(21-7-4-3-5-8-21)18-32-28-26(27)24(19-33-28)34-29(38)22-9-6-11-30-17-22/h3-9,11,17-20,31H,10,12-16H2,1-2H3,(H,32,33)(H,34,38). The highest BCUT2D eigenvalue weighted by Crippen LogP contribution is 2.40. The van der Waals surface area contributed by atoms with E-state index in [1.807, 2.05) is 29.3 Å². The van der Waals surface area contributed by atoms with Gasteiger partial charge in [-0.1, -0.05) is 44.2 Å². The predicted octanol–water partition coefficient (Wildman–Crippen LogP) is 3.91. The zero-order chi connectivity index (χ0) is 26.5. The highest BCUT2D eigenvalue weighted by Gasteiger charge is 2.26. The van der Waals surface area contributed by atoms with Crippen molar-refractivity contribution >= 4 is 34.2 Å². The molecular weight excluding hydrogens is 478 g/mol. The van der Waals surface area contributed by atoms with Crippen LogP contribution >= 0.6 is 0 Å². The van der Waals surface area contributed by atoms with Crippen molar-refractivity contribution in [3.8, 4) is 11.1 Å². The second-order valence-corrected chi connectivity index (χ2v) is 9.73. The van der Waals surface area contributed by atoms with Gasteiger partial charge >= 0.3 is 0 Å². The lowest BCUT2D eigenvalue weighted by atomic mass is 10.0. The molecule has 1 saturated heterocycles. The maximum Gasteiger partial charge on any atom is 0.257 e. The van der Waals surface area contributed by atoms with E-state index < -0.39 is 0 Å². The fourth-order valence-electron chi connectivity index (χ4n) is 4.83. The highest BCUT2D eigenvalue weighted by molar-refractivity contribution is 6.13. The van der Waals surface area contributed by atoms with E-state index in [-0.39, 0.29) is 11.8 Å². The Bertz CT molecular complexity index is 1390. The lowest BCUT2D eigenvalue weighted by Crippen LogP contribution is -2.49. The quantitative estimate of drug-likeness (QED) is 0.331. The Balaban J connectivity index is 1.45. The number of pyridine rings is 2. The Morgan fingerprint density at radius 3 is 2.53 bits per heavy atom. The van der Waals surface area contributed by atoms with Crippen LogP contribution in [0.5, 0.6) is 0 Å². The van der Waals surface area contributed by atoms with Crippen molar-refractivity contribution in [1.29, 1.82) is 0 Å². The van der Waals surface area contributed by atoms with Crippen molar-refractivity contribution in [2.75, 3.05) is 42.9 Å². The van der Waals surface area contributed by atoms with Gasteiger partial charge in [0.2, 0.25) is 5.91 Å². The van der Waals surface area contributed by atoms with Crippen LogP contribution in [0.3, 0.4) is 0 Å². The van der Waals surface area contributed by atoms with E-state index in [9.17, 15) is 9.59 Å². The Labute approximate surface area is 222 Å². The number of hydrogen-bond donors (Lipinski definition) is 3. The minimum atomic E-state index is -0.236. The first-order valence-electron chi connectivity index (χ1n) is 13.0. The van der Waals surface area contributed by atoms with Crippen molar-refractivity contribution in [3.63, 3.8) is 0 Å². The fraction of sp³-hybridized carbons (Fsp3) is 0.310. The molecule has 0 atom stereocenters. The van der Waals surface area contributed by atoms with Crippen LogP contribution < -0.4 is 15.5 Å². The molecule has 0 radical (unpaired) electrons. The number of rotatable bonds is 8. The highest BCUT2D eigenvalue weighted by atomic mass is 16.2. The van der Waals surface area contributed by atoms with Crippen molar-refractivity contribution in [2.45, 2.75) is 26.3 Å². The van der Waals surface area contributed by atoms with Crippen LogP contribution in [0.4, 0.5) is 11.4 Å². The summed E-state index contributed by atoms with van der Waals surface area (Å²) in [6.45, 7) is 7.49. The summed E-state index contributed by atoms with van der Waals surface area (Å²) in [7, 11) is 0. The van der Waals surface area contributed by atoms with E-state index >= 15 is 0 Å². The minimum Gasteiger partial charge on any atom is -0.367 e. The monoisotopic (exact) mass is 511 g/mol. The summed E-state index contributed by atoms with van der Waals surface area (Å²) in [6.07, 6.45) is 7.35. The second-order valence-electron chi connectivity index (χ2n) is 9.73. The van der Waals surface area contributed by atoms with Gasteiger partial charge in [0.1, 0.15) is 5.65 Å². The number of nitrogens with one attached hydrogen (secondary N) is 3. The average Bonchev–Trinajstić information content (AvgIpc) is 3.36. The lowest BCUT2D eigenvalue weighted by molar-refractivity contribution is -0.131. The van der Waals surface area contributed by atoms with Gasteiger partial charge in [-0.05, 0) is 17.7 Å². The molecule has 4 aromatic rings. The molecule has 0 unspecified atom stereocenters. The number of aromatic nitrogens is 3. The summed E-state index contributed by atoms with van der Waals surface area (Å²) >= 11 is 0. The molecule has 9 nitrogen and oxygen atoms in total. The van der Waals surface area contributed by atoms with Crippen LogP contribution in [0.2, 0.25) is 0 Å². The Kier molecular flexibility index (Phi) is 7.65. The smallest absolute Gasteiger partial charge is 0.257 e. The molecule has 3 aromatic heterocycles. The number of benzene rings is 1. The van der Waals surface area contributed by atoms with Crippen molar-refractivity contribution in [1.82, 2.24) is 25.2 Å². The molecule has 1 aliphatic heterocycles. The summed E-state index contributed by atoms with van der Waals surface area (Å²) in [5, 5.41) is 7.22. The number of carbonyl (C=O) groups excluding carboxylic acids is 2. The van der Waals surface area contributed by atoms with Gasteiger partial charge in [0.05, 0.1) is 22.3 Å². The van der Waals surface area contributed by atoms with E-state index in [0.717, 1.165) is 22.2 Å². The molecule has 0 aliphatic carbocycles. The molecule has 0 spiro atoms. The van der Waals surface area contributed by atoms with E-state index in [0.29, 0.717) is 62.1 Å². The third-order valence-corrected chi connectivity index (χ3v) is 6.77. The normalized spacial score (nSPS) is 13.8. The number of fused-ring (bicyclic) bond motifs is 1. The molecule has 9 heteroatoms. The van der Waals surface area contributed by atoms with Gasteiger partial charge in [-0.15, -0.1) is 0 Å². The van der Waals surface area contributed by atoms with E-state index in [4.69, 9.17) is 0 Å². The van der Waals surface area contributed by atoms with Crippen LogP contribution in [-0.4, -0.2) is 70.4 Å². The summed E-state index contributed by atoms with van der Waals surface area (Å²) in [5.41, 5.74) is 4.86. The summed E-state index contributed by atoms with van der Waals surface area (Å²) in [6, 6.07) is 14.0. The minimum absolute atomic E-state index is 0.173. The first-order chi connectivity index (χ1) is 18.5. The SMILES string of the molecule is CC(C)NCCC(=O)N1CCN(c2c(-c3ccccc3)cnc3[nH]cc(NC(=O)c4cccnc4)c23)CC1. The fourth-order valence-corrected chi connectivity index (χ4v) is 4.83. The zero-order valence-electron chi connectivity index (χ0n) is 21.8. The number of aromatic amines is 1. The van der Waals surface area contributed by atoms with Crippen LogP contribution in [0, 0.1) is 0 Å². The van der Waals surface area contributed by atoms with E-state index in [2.05, 4.69) is 56.5 Å². The topological polar surface area (TPSA) is 106 Å². The van der Waals surface area contributed by atoms with Crippen LogP contribution in [0.25, 0.3) is 22.2 Å². The van der Waals surface area contributed by atoms with Crippen molar-refractivity contribution in [3.05, 3.63) is 72.8 Å². The largest absolute Gasteiger partial charge is 0.367 e. The predicted molar refractivity (Wildman–Crippen MR) is 150 cm³/mol. The molecule has 1 aromatic carbocycles. The van der Waals surface area contributed by atoms with Gasteiger partial charge in [0.15, 0.2) is 0 Å². The summed E-state index contributed by atoms with van der Waals surface area (Å²) in [5.74, 6) is -0.0625. The average molecular weight is 512 g/mol. The molecule has 3 N–H and O–H groups in total. The third kappa shape index (κ3) is 5.52. The maximum absolute atomic E-state index is 13.0. The number of nitrogens with zero attached hydrogens (tertiary/aromatic N) is 4. The van der Waals surface area contributed by atoms with Gasteiger partial charge in [0, 0.05) is 75.5 Å². The molecule has 2 amide bonds. The van der Waals surface area contributed by atoms with Crippen molar-refractivity contribution < 1.29 is 9.59 Å². The van der Waals surface area contributed by atoms with Crippen molar-refractivity contribution in [2.24, 2.45) is 0 Å². The maximum atomic E-state index is 13.0. The third-order valence-electron chi connectivity index (χ3n) is 6.77. The molecule has 4 heterocycles. The van der Waals surface area contributed by atoms with E-state index in [1.54, 1.807) is 30.7 Å². The van der Waals surface area contributed by atoms with E-state index in [1.165, 1.54) is 0 Å². The Morgan fingerprint density at radius 1 is 1.03 bits per heavy atom. The Hall–Kier alpha value is -4.24. The zero-order valence-corrected chi connectivity index (χ0v) is 21.8.